The van der Waals surface area contributed by atoms with Gasteiger partial charge in [-0.25, -0.2) is 0 Å². The van der Waals surface area contributed by atoms with Gasteiger partial charge in [0.1, 0.15) is 0 Å². The summed E-state index contributed by atoms with van der Waals surface area (Å²) in [7, 11) is 0. The van der Waals surface area contributed by atoms with Gasteiger partial charge in [0.15, 0.2) is 5.11 Å². The van der Waals surface area contributed by atoms with Crippen molar-refractivity contribution in [1.29, 1.82) is 0 Å². The van der Waals surface area contributed by atoms with E-state index in [1.807, 2.05) is 23.9 Å². The number of hydrogen-bond acceptors (Lipinski definition) is 2. The first kappa shape index (κ1) is 22.1. The molecule has 160 valence electrons. The van der Waals surface area contributed by atoms with E-state index in [1.165, 1.54) is 27.1 Å². The van der Waals surface area contributed by atoms with E-state index in [1.54, 1.807) is 0 Å². The molecule has 4 aromatic carbocycles. The van der Waals surface area contributed by atoms with E-state index in [0.717, 1.165) is 11.4 Å². The molecule has 0 bridgehead atoms. The zero-order valence-electron chi connectivity index (χ0n) is 18.0. The van der Waals surface area contributed by atoms with Gasteiger partial charge in [0.05, 0.1) is 6.04 Å². The highest BCUT2D eigenvalue weighted by molar-refractivity contribution is 7.98. The van der Waals surface area contributed by atoms with Gasteiger partial charge in [0.2, 0.25) is 0 Å². The maximum Gasteiger partial charge on any atom is 0.171 e. The number of aryl methyl sites for hydroxylation is 1. The number of thiocarbonyl (C=S) groups is 1. The first-order chi connectivity index (χ1) is 15.7. The van der Waals surface area contributed by atoms with Gasteiger partial charge in [-0.05, 0) is 60.1 Å². The maximum absolute atomic E-state index is 5.67. The smallest absolute Gasteiger partial charge is 0.171 e. The quantitative estimate of drug-likeness (QED) is 0.225. The molecule has 0 aliphatic heterocycles. The van der Waals surface area contributed by atoms with Crippen LogP contribution in [0.25, 0.3) is 0 Å². The Hall–Kier alpha value is -3.08. The number of nitrogens with one attached hydrogen (secondary N) is 2. The average Bonchev–Trinajstić information content (AvgIpc) is 2.83. The predicted octanol–water partition coefficient (Wildman–Crippen LogP) is 7.36. The molecule has 0 fully saturated rings. The van der Waals surface area contributed by atoms with E-state index in [0.29, 0.717) is 5.11 Å². The van der Waals surface area contributed by atoms with Crippen LogP contribution in [0.3, 0.4) is 0 Å². The SMILES string of the molecule is Cc1cccc([C@H](NC(=S)Nc2ccc(CSc3ccccc3)cc2)c2ccccc2)c1. The molecule has 1 atom stereocenters. The molecule has 0 saturated heterocycles. The highest BCUT2D eigenvalue weighted by Gasteiger charge is 2.15. The minimum absolute atomic E-state index is 0.0161. The topological polar surface area (TPSA) is 24.1 Å². The molecule has 2 N–H and O–H groups in total. The van der Waals surface area contributed by atoms with Crippen molar-refractivity contribution in [3.63, 3.8) is 0 Å². The summed E-state index contributed by atoms with van der Waals surface area (Å²) in [6, 6.07) is 37.9. The highest BCUT2D eigenvalue weighted by Crippen LogP contribution is 2.24. The predicted molar refractivity (Wildman–Crippen MR) is 141 cm³/mol. The Balaban J connectivity index is 1.40. The average molecular weight is 455 g/mol. The Morgan fingerprint density at radius 3 is 2.12 bits per heavy atom. The van der Waals surface area contributed by atoms with Gasteiger partial charge >= 0.3 is 0 Å². The summed E-state index contributed by atoms with van der Waals surface area (Å²) in [6.45, 7) is 2.11. The van der Waals surface area contributed by atoms with Crippen molar-refractivity contribution in [3.05, 3.63) is 131 Å². The van der Waals surface area contributed by atoms with Crippen LogP contribution < -0.4 is 10.6 Å². The summed E-state index contributed by atoms with van der Waals surface area (Å²) < 4.78 is 0. The van der Waals surface area contributed by atoms with Crippen molar-refractivity contribution >= 4 is 34.8 Å². The van der Waals surface area contributed by atoms with E-state index in [2.05, 4.69) is 115 Å². The van der Waals surface area contributed by atoms with Crippen LogP contribution in [0.15, 0.2) is 114 Å². The number of anilines is 1. The maximum atomic E-state index is 5.67. The Morgan fingerprint density at radius 1 is 0.781 bits per heavy atom. The number of hydrogen-bond donors (Lipinski definition) is 2. The molecular weight excluding hydrogens is 428 g/mol. The number of thioether (sulfide) groups is 1. The molecule has 0 amide bonds. The molecule has 32 heavy (non-hydrogen) atoms. The van der Waals surface area contributed by atoms with Crippen molar-refractivity contribution in [3.8, 4) is 0 Å². The molecule has 2 nitrogen and oxygen atoms in total. The van der Waals surface area contributed by atoms with Gasteiger partial charge in [0.25, 0.3) is 0 Å². The summed E-state index contributed by atoms with van der Waals surface area (Å²) >= 11 is 7.51. The van der Waals surface area contributed by atoms with Crippen molar-refractivity contribution in [2.24, 2.45) is 0 Å². The standard InChI is InChI=1S/C28H26N2S2/c1-21-9-8-12-24(19-21)27(23-10-4-2-5-11-23)30-28(31)29-25-17-15-22(16-18-25)20-32-26-13-6-3-7-14-26/h2-19,27H,20H2,1H3,(H2,29,30,31)/t27-/m1/s1. The van der Waals surface area contributed by atoms with Crippen LogP contribution in [0.4, 0.5) is 5.69 Å². The molecule has 4 aromatic rings. The fraction of sp³-hybridized carbons (Fsp3) is 0.107. The molecule has 4 rings (SSSR count). The molecule has 0 spiro atoms. The fourth-order valence-electron chi connectivity index (χ4n) is 3.52. The molecule has 0 aromatic heterocycles. The molecule has 4 heteroatoms. The van der Waals surface area contributed by atoms with Crippen LogP contribution in [0.1, 0.15) is 28.3 Å². The normalized spacial score (nSPS) is 11.5. The van der Waals surface area contributed by atoms with E-state index >= 15 is 0 Å². The van der Waals surface area contributed by atoms with Crippen molar-refractivity contribution in [1.82, 2.24) is 5.32 Å². The number of rotatable bonds is 7. The molecule has 0 radical (unpaired) electrons. The first-order valence-corrected chi connectivity index (χ1v) is 12.0. The van der Waals surface area contributed by atoms with Crippen LogP contribution in [0.5, 0.6) is 0 Å². The highest BCUT2D eigenvalue weighted by atomic mass is 32.2. The zero-order valence-corrected chi connectivity index (χ0v) is 19.6. The second-order valence-electron chi connectivity index (χ2n) is 7.65. The van der Waals surface area contributed by atoms with E-state index < -0.39 is 0 Å². The second kappa shape index (κ2) is 11.0. The Labute approximate surface area is 200 Å². The Bertz CT molecular complexity index is 1140. The fourth-order valence-corrected chi connectivity index (χ4v) is 4.63. The van der Waals surface area contributed by atoms with E-state index in [4.69, 9.17) is 12.2 Å². The second-order valence-corrected chi connectivity index (χ2v) is 9.11. The molecule has 0 heterocycles. The van der Waals surface area contributed by atoms with Crippen LogP contribution in [-0.2, 0) is 5.75 Å². The minimum Gasteiger partial charge on any atom is -0.352 e. The van der Waals surface area contributed by atoms with Gasteiger partial charge in [0, 0.05) is 16.3 Å². The molecule has 0 saturated carbocycles. The Morgan fingerprint density at radius 2 is 1.44 bits per heavy atom. The summed E-state index contributed by atoms with van der Waals surface area (Å²) in [6.07, 6.45) is 0. The summed E-state index contributed by atoms with van der Waals surface area (Å²) in [5, 5.41) is 7.45. The van der Waals surface area contributed by atoms with Gasteiger partial charge in [-0.15, -0.1) is 11.8 Å². The van der Waals surface area contributed by atoms with Gasteiger partial charge < -0.3 is 10.6 Å². The van der Waals surface area contributed by atoms with Crippen LogP contribution >= 0.6 is 24.0 Å². The molecule has 0 aliphatic carbocycles. The van der Waals surface area contributed by atoms with Gasteiger partial charge in [-0.2, -0.15) is 0 Å². The molecule has 0 unspecified atom stereocenters. The summed E-state index contributed by atoms with van der Waals surface area (Å²) in [4.78, 5) is 1.28. The monoisotopic (exact) mass is 454 g/mol. The van der Waals surface area contributed by atoms with Crippen LogP contribution in [-0.4, -0.2) is 5.11 Å². The lowest BCUT2D eigenvalue weighted by Crippen LogP contribution is -2.33. The molecule has 0 aliphatic rings. The van der Waals surface area contributed by atoms with Crippen LogP contribution in [0, 0.1) is 6.92 Å². The zero-order chi connectivity index (χ0) is 22.2. The number of benzene rings is 4. The summed E-state index contributed by atoms with van der Waals surface area (Å²) in [5.74, 6) is 0.941. The van der Waals surface area contributed by atoms with E-state index in [9.17, 15) is 0 Å². The minimum atomic E-state index is -0.0161. The summed E-state index contributed by atoms with van der Waals surface area (Å²) in [5.41, 5.74) is 5.86. The largest absolute Gasteiger partial charge is 0.352 e. The van der Waals surface area contributed by atoms with Gasteiger partial charge in [-0.3, -0.25) is 0 Å². The van der Waals surface area contributed by atoms with Crippen molar-refractivity contribution < 1.29 is 0 Å². The lowest BCUT2D eigenvalue weighted by molar-refractivity contribution is 0.768. The van der Waals surface area contributed by atoms with E-state index in [-0.39, 0.29) is 6.04 Å². The lowest BCUT2D eigenvalue weighted by atomic mass is 9.97. The third-order valence-corrected chi connectivity index (χ3v) is 6.45. The first-order valence-electron chi connectivity index (χ1n) is 10.6. The molecular formula is C28H26N2S2. The van der Waals surface area contributed by atoms with Crippen LogP contribution in [0.2, 0.25) is 0 Å². The lowest BCUT2D eigenvalue weighted by Gasteiger charge is -2.22. The van der Waals surface area contributed by atoms with Crippen molar-refractivity contribution in [2.75, 3.05) is 5.32 Å². The Kier molecular flexibility index (Phi) is 7.59. The third-order valence-electron chi connectivity index (χ3n) is 5.14. The van der Waals surface area contributed by atoms with Gasteiger partial charge in [-0.1, -0.05) is 90.5 Å². The van der Waals surface area contributed by atoms with Crippen molar-refractivity contribution in [2.45, 2.75) is 23.6 Å². The third kappa shape index (κ3) is 6.22.